The monoisotopic (exact) mass is 612 g/mol. The van der Waals surface area contributed by atoms with Crippen molar-refractivity contribution < 1.29 is 24.1 Å². The van der Waals surface area contributed by atoms with E-state index in [1.165, 1.54) is 10.8 Å². The molecule has 0 spiro atoms. The summed E-state index contributed by atoms with van der Waals surface area (Å²) >= 11 is 0. The summed E-state index contributed by atoms with van der Waals surface area (Å²) in [5.41, 5.74) is 0.534. The van der Waals surface area contributed by atoms with Crippen LogP contribution >= 0.6 is 0 Å². The number of H-pyrrole nitrogens is 1. The number of methoxy groups -OCH3 is 2. The maximum absolute atomic E-state index is 12.8. The Kier molecular flexibility index (Phi) is 9.43. The Morgan fingerprint density at radius 3 is 1.98 bits per heavy atom. The number of nitrogens with zero attached hydrogens (tertiary/aromatic N) is 1. The highest BCUT2D eigenvalue weighted by Gasteiger charge is 2.42. The molecule has 1 fully saturated rings. The predicted molar refractivity (Wildman–Crippen MR) is 173 cm³/mol. The number of hydrogen-bond donors (Lipinski definition) is 2. The van der Waals surface area contributed by atoms with Gasteiger partial charge in [-0.15, -0.1) is 0 Å². The van der Waals surface area contributed by atoms with Crippen molar-refractivity contribution in [1.82, 2.24) is 9.55 Å². The van der Waals surface area contributed by atoms with Crippen molar-refractivity contribution in [2.45, 2.75) is 51.2 Å². The first-order valence-corrected chi connectivity index (χ1v) is 14.9. The van der Waals surface area contributed by atoms with Gasteiger partial charge < -0.3 is 24.1 Å². The zero-order valence-electron chi connectivity index (χ0n) is 26.2. The fourth-order valence-corrected chi connectivity index (χ4v) is 5.49. The minimum atomic E-state index is -1.10. The number of benzene rings is 3. The maximum Gasteiger partial charge on any atom is 0.330 e. The van der Waals surface area contributed by atoms with Crippen molar-refractivity contribution in [2.24, 2.45) is 5.41 Å². The Morgan fingerprint density at radius 2 is 1.44 bits per heavy atom. The lowest BCUT2D eigenvalue weighted by Crippen LogP contribution is -2.38. The first-order chi connectivity index (χ1) is 21.5. The number of hydrogen-bond acceptors (Lipinski definition) is 7. The zero-order valence-corrected chi connectivity index (χ0v) is 26.2. The van der Waals surface area contributed by atoms with Gasteiger partial charge in [0.1, 0.15) is 29.4 Å². The average Bonchev–Trinajstić information content (AvgIpc) is 3.41. The van der Waals surface area contributed by atoms with E-state index in [1.807, 2.05) is 106 Å². The number of allylic oxidation sites excluding steroid dienone is 1. The van der Waals surface area contributed by atoms with Gasteiger partial charge in [0.25, 0.3) is 5.56 Å². The van der Waals surface area contributed by atoms with Crippen LogP contribution in [0.3, 0.4) is 0 Å². The summed E-state index contributed by atoms with van der Waals surface area (Å²) in [7, 11) is 3.23. The van der Waals surface area contributed by atoms with Gasteiger partial charge in [-0.25, -0.2) is 4.79 Å². The van der Waals surface area contributed by atoms with E-state index < -0.39 is 35.3 Å². The molecule has 0 bridgehead atoms. The second-order valence-corrected chi connectivity index (χ2v) is 12.2. The van der Waals surface area contributed by atoms with E-state index in [2.05, 4.69) is 4.98 Å². The number of aliphatic hydroxyl groups is 1. The van der Waals surface area contributed by atoms with E-state index >= 15 is 0 Å². The number of aliphatic hydroxyl groups excluding tert-OH is 1. The summed E-state index contributed by atoms with van der Waals surface area (Å²) in [6, 6.07) is 25.2. The van der Waals surface area contributed by atoms with Crippen LogP contribution in [0.15, 0.2) is 101 Å². The molecule has 3 atom stereocenters. The quantitative estimate of drug-likeness (QED) is 0.235. The number of rotatable bonds is 10. The van der Waals surface area contributed by atoms with Crippen LogP contribution in [0.5, 0.6) is 11.5 Å². The van der Waals surface area contributed by atoms with Gasteiger partial charge in [-0.3, -0.25) is 14.3 Å². The zero-order chi connectivity index (χ0) is 32.2. The SMILES string of the molecule is COc1ccc(C(OC[C@H]2O[C@@H](n3cc(C=CC(C)(C)C)c(=O)[nH]c3=O)C[C@@H]2O)(c2ccccc2)c2ccc(OC)cc2)cc1. The molecule has 1 saturated heterocycles. The molecule has 0 radical (unpaired) electrons. The van der Waals surface area contributed by atoms with Gasteiger partial charge in [0.15, 0.2) is 0 Å². The van der Waals surface area contributed by atoms with Gasteiger partial charge >= 0.3 is 5.69 Å². The van der Waals surface area contributed by atoms with Crippen LogP contribution in [0.1, 0.15) is 55.7 Å². The molecule has 1 aliphatic heterocycles. The fourth-order valence-electron chi connectivity index (χ4n) is 5.49. The average molecular weight is 613 g/mol. The van der Waals surface area contributed by atoms with E-state index in [0.717, 1.165) is 16.7 Å². The molecule has 0 amide bonds. The lowest BCUT2D eigenvalue weighted by atomic mass is 9.80. The third-order valence-electron chi connectivity index (χ3n) is 7.91. The third kappa shape index (κ3) is 6.96. The number of aromatic amines is 1. The van der Waals surface area contributed by atoms with Crippen molar-refractivity contribution >= 4 is 6.08 Å². The number of ether oxygens (including phenoxy) is 4. The van der Waals surface area contributed by atoms with Crippen molar-refractivity contribution in [3.05, 3.63) is 134 Å². The molecule has 236 valence electrons. The predicted octanol–water partition coefficient (Wildman–Crippen LogP) is 5.27. The van der Waals surface area contributed by atoms with E-state index in [-0.39, 0.29) is 18.4 Å². The molecule has 3 aromatic carbocycles. The lowest BCUT2D eigenvalue weighted by Gasteiger charge is -2.37. The summed E-state index contributed by atoms with van der Waals surface area (Å²) in [6.07, 6.45) is 2.73. The molecule has 2 heterocycles. The van der Waals surface area contributed by atoms with Gasteiger partial charge in [-0.05, 0) is 46.4 Å². The standard InChI is InChI=1S/C36H40N2O7/c1-35(2,3)20-19-24-22-38(34(41)37-33(24)40)32-21-30(39)31(45-32)23-44-36(25-9-7-6-8-10-25,26-11-15-28(42-4)16-12-26)27-13-17-29(43-5)18-14-27/h6-20,22,30-32,39H,21,23H2,1-5H3,(H,37,40,41)/t30-,31+,32+/m0/s1. The molecule has 2 N–H and O–H groups in total. The molecular weight excluding hydrogens is 572 g/mol. The van der Waals surface area contributed by atoms with Crippen LogP contribution in [-0.4, -0.2) is 47.7 Å². The Bertz CT molecular complexity index is 1670. The Balaban J connectivity index is 1.50. The minimum Gasteiger partial charge on any atom is -0.497 e. The smallest absolute Gasteiger partial charge is 0.330 e. The van der Waals surface area contributed by atoms with Gasteiger partial charge in [-0.2, -0.15) is 0 Å². The third-order valence-corrected chi connectivity index (χ3v) is 7.91. The molecule has 0 unspecified atom stereocenters. The van der Waals surface area contributed by atoms with Crippen molar-refractivity contribution in [2.75, 3.05) is 20.8 Å². The second kappa shape index (κ2) is 13.3. The highest BCUT2D eigenvalue weighted by Crippen LogP contribution is 2.42. The first kappa shape index (κ1) is 32.0. The molecule has 4 aromatic rings. The van der Waals surface area contributed by atoms with Gasteiger partial charge in [0.2, 0.25) is 0 Å². The minimum absolute atomic E-state index is 0.000489. The molecular formula is C36H40N2O7. The van der Waals surface area contributed by atoms with E-state index in [4.69, 9.17) is 18.9 Å². The summed E-state index contributed by atoms with van der Waals surface area (Å²) < 4.78 is 25.3. The summed E-state index contributed by atoms with van der Waals surface area (Å²) in [5.74, 6) is 1.41. The topological polar surface area (TPSA) is 112 Å². The molecule has 9 nitrogen and oxygen atoms in total. The lowest BCUT2D eigenvalue weighted by molar-refractivity contribution is -0.0944. The summed E-state index contributed by atoms with van der Waals surface area (Å²) in [4.78, 5) is 27.7. The van der Waals surface area contributed by atoms with Crippen LogP contribution in [-0.2, 0) is 15.1 Å². The van der Waals surface area contributed by atoms with Gasteiger partial charge in [-0.1, -0.05) is 87.5 Å². The molecule has 1 aromatic heterocycles. The van der Waals surface area contributed by atoms with E-state index in [1.54, 1.807) is 20.3 Å². The van der Waals surface area contributed by atoms with Crippen LogP contribution in [0.25, 0.3) is 6.08 Å². The molecule has 0 aliphatic carbocycles. The highest BCUT2D eigenvalue weighted by molar-refractivity contribution is 5.50. The van der Waals surface area contributed by atoms with E-state index in [9.17, 15) is 14.7 Å². The second-order valence-electron chi connectivity index (χ2n) is 12.2. The van der Waals surface area contributed by atoms with Gasteiger partial charge in [0, 0.05) is 12.6 Å². The Labute approximate surface area is 262 Å². The van der Waals surface area contributed by atoms with Crippen LogP contribution in [0.4, 0.5) is 0 Å². The Hall–Kier alpha value is -4.44. The summed E-state index contributed by atoms with van der Waals surface area (Å²) in [5, 5.41) is 11.2. The maximum atomic E-state index is 12.8. The van der Waals surface area contributed by atoms with Crippen molar-refractivity contribution in [3.8, 4) is 11.5 Å². The molecule has 1 aliphatic rings. The van der Waals surface area contributed by atoms with Crippen molar-refractivity contribution in [3.63, 3.8) is 0 Å². The molecule has 5 rings (SSSR count). The van der Waals surface area contributed by atoms with Crippen LogP contribution < -0.4 is 20.7 Å². The van der Waals surface area contributed by atoms with Crippen LogP contribution in [0, 0.1) is 5.41 Å². The largest absolute Gasteiger partial charge is 0.497 e. The number of nitrogens with one attached hydrogen (secondary N) is 1. The molecule has 45 heavy (non-hydrogen) atoms. The first-order valence-electron chi connectivity index (χ1n) is 14.9. The molecule has 9 heteroatoms. The van der Waals surface area contributed by atoms with Crippen molar-refractivity contribution in [1.29, 1.82) is 0 Å². The van der Waals surface area contributed by atoms with Gasteiger partial charge in [0.05, 0.1) is 32.5 Å². The summed E-state index contributed by atoms with van der Waals surface area (Å²) in [6.45, 7) is 6.05. The molecule has 0 saturated carbocycles. The normalized spacial score (nSPS) is 18.8. The Morgan fingerprint density at radius 1 is 0.889 bits per heavy atom. The highest BCUT2D eigenvalue weighted by atomic mass is 16.6. The van der Waals surface area contributed by atoms with E-state index in [0.29, 0.717) is 17.1 Å². The fraction of sp³-hybridized carbons (Fsp3) is 0.333. The number of aromatic nitrogens is 2. The van der Waals surface area contributed by atoms with Crippen LogP contribution in [0.2, 0.25) is 0 Å².